The molecule has 0 aliphatic carbocycles. The second kappa shape index (κ2) is 5.10. The number of benzene rings is 1. The molecule has 0 aromatic heterocycles. The number of aryl methyl sites for hydroxylation is 1. The molecule has 1 aromatic rings. The van der Waals surface area contributed by atoms with Crippen LogP contribution in [0.1, 0.15) is 19.4 Å². The Morgan fingerprint density at radius 1 is 1.12 bits per heavy atom. The lowest BCUT2D eigenvalue weighted by Gasteiger charge is -2.27. The minimum absolute atomic E-state index is 0.431. The quantitative estimate of drug-likeness (QED) is 0.783. The second-order valence-electron chi connectivity index (χ2n) is 4.20. The van der Waals surface area contributed by atoms with E-state index in [1.807, 2.05) is 12.1 Å². The molecule has 0 atom stereocenters. The van der Waals surface area contributed by atoms with Crippen LogP contribution < -0.4 is 14.4 Å². The molecule has 1 aromatic carbocycles. The minimum Gasteiger partial charge on any atom is -0.497 e. The van der Waals surface area contributed by atoms with Gasteiger partial charge in [-0.05, 0) is 32.4 Å². The lowest BCUT2D eigenvalue weighted by atomic mass is 10.1. The summed E-state index contributed by atoms with van der Waals surface area (Å²) in [7, 11) is 5.42. The zero-order chi connectivity index (χ0) is 12.3. The average molecular weight is 223 g/mol. The SMILES string of the molecule is COc1cc(C)c(N(C)C(C)C)c(OC)c1. The van der Waals surface area contributed by atoms with Crippen molar-refractivity contribution in [3.63, 3.8) is 0 Å². The lowest BCUT2D eigenvalue weighted by molar-refractivity contribution is 0.393. The zero-order valence-electron chi connectivity index (χ0n) is 11.0. The van der Waals surface area contributed by atoms with Gasteiger partial charge in [-0.15, -0.1) is 0 Å². The van der Waals surface area contributed by atoms with Gasteiger partial charge < -0.3 is 14.4 Å². The van der Waals surface area contributed by atoms with Crippen LogP contribution >= 0.6 is 0 Å². The van der Waals surface area contributed by atoms with Crippen molar-refractivity contribution < 1.29 is 9.47 Å². The number of anilines is 1. The molecule has 0 aliphatic rings. The monoisotopic (exact) mass is 223 g/mol. The van der Waals surface area contributed by atoms with Gasteiger partial charge in [-0.25, -0.2) is 0 Å². The summed E-state index contributed by atoms with van der Waals surface area (Å²) >= 11 is 0. The van der Waals surface area contributed by atoms with Crippen molar-refractivity contribution >= 4 is 5.69 Å². The summed E-state index contributed by atoms with van der Waals surface area (Å²) in [6.45, 7) is 6.38. The number of methoxy groups -OCH3 is 2. The topological polar surface area (TPSA) is 21.7 Å². The van der Waals surface area contributed by atoms with Crippen LogP contribution in [0.4, 0.5) is 5.69 Å². The van der Waals surface area contributed by atoms with Gasteiger partial charge in [0.15, 0.2) is 0 Å². The van der Waals surface area contributed by atoms with Crippen molar-refractivity contribution in [3.8, 4) is 11.5 Å². The van der Waals surface area contributed by atoms with Gasteiger partial charge in [0.1, 0.15) is 11.5 Å². The minimum atomic E-state index is 0.431. The molecule has 0 saturated carbocycles. The van der Waals surface area contributed by atoms with Crippen molar-refractivity contribution in [1.82, 2.24) is 0 Å². The van der Waals surface area contributed by atoms with Crippen molar-refractivity contribution in [2.24, 2.45) is 0 Å². The largest absolute Gasteiger partial charge is 0.497 e. The summed E-state index contributed by atoms with van der Waals surface area (Å²) in [6, 6.07) is 4.37. The van der Waals surface area contributed by atoms with E-state index in [4.69, 9.17) is 9.47 Å². The van der Waals surface area contributed by atoms with Gasteiger partial charge in [0.05, 0.1) is 19.9 Å². The molecule has 0 aliphatic heterocycles. The van der Waals surface area contributed by atoms with Crippen LogP contribution in [0.2, 0.25) is 0 Å². The van der Waals surface area contributed by atoms with E-state index in [1.165, 1.54) is 0 Å². The van der Waals surface area contributed by atoms with Gasteiger partial charge in [0.25, 0.3) is 0 Å². The maximum absolute atomic E-state index is 5.42. The second-order valence-corrected chi connectivity index (χ2v) is 4.20. The van der Waals surface area contributed by atoms with E-state index < -0.39 is 0 Å². The molecule has 0 radical (unpaired) electrons. The Morgan fingerprint density at radius 3 is 2.19 bits per heavy atom. The molecular weight excluding hydrogens is 202 g/mol. The molecule has 90 valence electrons. The molecule has 0 spiro atoms. The van der Waals surface area contributed by atoms with E-state index in [1.54, 1.807) is 14.2 Å². The molecule has 16 heavy (non-hydrogen) atoms. The third kappa shape index (κ3) is 2.40. The Hall–Kier alpha value is -1.38. The molecule has 3 nitrogen and oxygen atoms in total. The van der Waals surface area contributed by atoms with Crippen molar-refractivity contribution in [3.05, 3.63) is 17.7 Å². The molecule has 1 rings (SSSR count). The third-order valence-electron chi connectivity index (χ3n) is 2.82. The van der Waals surface area contributed by atoms with E-state index in [-0.39, 0.29) is 0 Å². The molecule has 0 fully saturated rings. The molecule has 0 saturated heterocycles. The molecule has 0 bridgehead atoms. The molecule has 0 amide bonds. The Morgan fingerprint density at radius 2 is 1.75 bits per heavy atom. The fourth-order valence-electron chi connectivity index (χ4n) is 1.70. The summed E-state index contributed by atoms with van der Waals surface area (Å²) in [6.07, 6.45) is 0. The number of hydrogen-bond acceptors (Lipinski definition) is 3. The van der Waals surface area contributed by atoms with E-state index >= 15 is 0 Å². The predicted octanol–water partition coefficient (Wildman–Crippen LogP) is 2.86. The fourth-order valence-corrected chi connectivity index (χ4v) is 1.70. The Kier molecular flexibility index (Phi) is 4.05. The molecule has 3 heteroatoms. The highest BCUT2D eigenvalue weighted by Gasteiger charge is 2.15. The third-order valence-corrected chi connectivity index (χ3v) is 2.82. The standard InChI is InChI=1S/C13H21NO2/c1-9(2)14(4)13-10(3)7-11(15-5)8-12(13)16-6/h7-9H,1-6H3. The van der Waals surface area contributed by atoms with Crippen LogP contribution in [-0.4, -0.2) is 27.3 Å². The highest BCUT2D eigenvalue weighted by atomic mass is 16.5. The first-order valence-electron chi connectivity index (χ1n) is 5.46. The smallest absolute Gasteiger partial charge is 0.146 e. The van der Waals surface area contributed by atoms with Gasteiger partial charge in [-0.2, -0.15) is 0 Å². The maximum atomic E-state index is 5.42. The van der Waals surface area contributed by atoms with Crippen LogP contribution in [0.25, 0.3) is 0 Å². The summed E-state index contributed by atoms with van der Waals surface area (Å²) in [4.78, 5) is 2.20. The van der Waals surface area contributed by atoms with E-state index in [9.17, 15) is 0 Å². The van der Waals surface area contributed by atoms with Crippen molar-refractivity contribution in [2.45, 2.75) is 26.8 Å². The van der Waals surface area contributed by atoms with Crippen LogP contribution in [0.3, 0.4) is 0 Å². The zero-order valence-corrected chi connectivity index (χ0v) is 11.0. The van der Waals surface area contributed by atoms with E-state index in [2.05, 4.69) is 32.7 Å². The highest BCUT2D eigenvalue weighted by Crippen LogP contribution is 2.36. The number of hydrogen-bond donors (Lipinski definition) is 0. The first-order valence-corrected chi connectivity index (χ1v) is 5.46. The molecule has 0 N–H and O–H groups in total. The van der Waals surface area contributed by atoms with Crippen LogP contribution in [-0.2, 0) is 0 Å². The maximum Gasteiger partial charge on any atom is 0.146 e. The first-order chi connectivity index (χ1) is 7.51. The Labute approximate surface area is 98.0 Å². The molecular formula is C13H21NO2. The predicted molar refractivity (Wildman–Crippen MR) is 67.8 cm³/mol. The van der Waals surface area contributed by atoms with Gasteiger partial charge in [0, 0.05) is 19.2 Å². The average Bonchev–Trinajstić information content (AvgIpc) is 2.26. The summed E-state index contributed by atoms with van der Waals surface area (Å²) in [5.74, 6) is 1.68. The van der Waals surface area contributed by atoms with Crippen LogP contribution in [0.5, 0.6) is 11.5 Å². The Balaban J connectivity index is 3.26. The normalized spacial score (nSPS) is 10.4. The van der Waals surface area contributed by atoms with Crippen molar-refractivity contribution in [1.29, 1.82) is 0 Å². The van der Waals surface area contributed by atoms with Crippen LogP contribution in [0, 0.1) is 6.92 Å². The molecule has 0 heterocycles. The van der Waals surface area contributed by atoms with Gasteiger partial charge in [-0.3, -0.25) is 0 Å². The highest BCUT2D eigenvalue weighted by molar-refractivity contribution is 5.66. The van der Waals surface area contributed by atoms with Gasteiger partial charge in [0.2, 0.25) is 0 Å². The van der Waals surface area contributed by atoms with Crippen LogP contribution in [0.15, 0.2) is 12.1 Å². The number of ether oxygens (including phenoxy) is 2. The van der Waals surface area contributed by atoms with Gasteiger partial charge in [-0.1, -0.05) is 0 Å². The summed E-state index contributed by atoms with van der Waals surface area (Å²) < 4.78 is 10.7. The summed E-state index contributed by atoms with van der Waals surface area (Å²) in [5.41, 5.74) is 2.28. The molecule has 0 unspecified atom stereocenters. The van der Waals surface area contributed by atoms with E-state index in [0.717, 1.165) is 22.7 Å². The first kappa shape index (κ1) is 12.7. The number of nitrogens with zero attached hydrogens (tertiary/aromatic N) is 1. The lowest BCUT2D eigenvalue weighted by Crippen LogP contribution is -2.26. The van der Waals surface area contributed by atoms with E-state index in [0.29, 0.717) is 6.04 Å². The fraction of sp³-hybridized carbons (Fsp3) is 0.538. The van der Waals surface area contributed by atoms with Gasteiger partial charge >= 0.3 is 0 Å². The Bertz CT molecular complexity index is 361. The van der Waals surface area contributed by atoms with Crippen molar-refractivity contribution in [2.75, 3.05) is 26.2 Å². The number of rotatable bonds is 4. The summed E-state index contributed by atoms with van der Waals surface area (Å²) in [5, 5.41) is 0.